The van der Waals surface area contributed by atoms with Crippen molar-refractivity contribution in [2.24, 2.45) is 0 Å². The summed E-state index contributed by atoms with van der Waals surface area (Å²) in [6.07, 6.45) is -2.71. The van der Waals surface area contributed by atoms with E-state index in [0.29, 0.717) is 6.42 Å². The van der Waals surface area contributed by atoms with Crippen LogP contribution in [-0.4, -0.2) is 23.5 Å². The molecule has 1 aromatic rings. The smallest absolute Gasteiger partial charge is 0.328 e. The van der Waals surface area contributed by atoms with Crippen LogP contribution in [0.3, 0.4) is 0 Å². The molecule has 0 fully saturated rings. The number of hydrogen-bond donors (Lipinski definition) is 0. The Balaban J connectivity index is 2.38. The normalized spacial score (nSPS) is 18.9. The lowest BCUT2D eigenvalue weighted by Gasteiger charge is -2.36. The summed E-state index contributed by atoms with van der Waals surface area (Å²) in [7, 11) is 0. The minimum atomic E-state index is -4.82. The van der Waals surface area contributed by atoms with Gasteiger partial charge in [-0.15, -0.1) is 0 Å². The van der Waals surface area contributed by atoms with E-state index in [1.807, 2.05) is 6.07 Å². The molecule has 1 unspecified atom stereocenters. The molecule has 1 atom stereocenters. The van der Waals surface area contributed by atoms with Crippen LogP contribution in [0, 0.1) is 0 Å². The SMILES string of the molecule is C=Cc1cccc2c1CCN(C(=O)C(F)(F)F)C2C. The van der Waals surface area contributed by atoms with Gasteiger partial charge in [0, 0.05) is 6.54 Å². The molecular weight excluding hydrogens is 255 g/mol. The van der Waals surface area contributed by atoms with Crippen LogP contribution in [0.25, 0.3) is 6.08 Å². The first-order valence-corrected chi connectivity index (χ1v) is 5.98. The molecule has 1 heterocycles. The van der Waals surface area contributed by atoms with Gasteiger partial charge in [-0.25, -0.2) is 0 Å². The third kappa shape index (κ3) is 2.37. The van der Waals surface area contributed by atoms with Crippen LogP contribution in [0.5, 0.6) is 0 Å². The molecule has 1 aromatic carbocycles. The highest BCUT2D eigenvalue weighted by atomic mass is 19.4. The number of hydrogen-bond acceptors (Lipinski definition) is 1. The fourth-order valence-electron chi connectivity index (χ4n) is 2.53. The van der Waals surface area contributed by atoms with Gasteiger partial charge >= 0.3 is 12.1 Å². The lowest BCUT2D eigenvalue weighted by Crippen LogP contribution is -2.45. The maximum absolute atomic E-state index is 12.5. The van der Waals surface area contributed by atoms with Crippen LogP contribution in [0.15, 0.2) is 24.8 Å². The van der Waals surface area contributed by atoms with E-state index in [1.54, 1.807) is 25.1 Å². The number of nitrogens with zero attached hydrogens (tertiary/aromatic N) is 1. The van der Waals surface area contributed by atoms with Gasteiger partial charge in [0.05, 0.1) is 6.04 Å². The summed E-state index contributed by atoms with van der Waals surface area (Å²) in [6, 6.07) is 4.84. The molecule has 5 heteroatoms. The van der Waals surface area contributed by atoms with Crippen molar-refractivity contribution in [3.05, 3.63) is 41.5 Å². The Morgan fingerprint density at radius 1 is 1.47 bits per heavy atom. The van der Waals surface area contributed by atoms with Gasteiger partial charge in [0.15, 0.2) is 0 Å². The van der Waals surface area contributed by atoms with Gasteiger partial charge in [-0.2, -0.15) is 13.2 Å². The number of alkyl halides is 3. The zero-order chi connectivity index (χ0) is 14.2. The molecule has 19 heavy (non-hydrogen) atoms. The maximum Gasteiger partial charge on any atom is 0.471 e. The fourth-order valence-corrected chi connectivity index (χ4v) is 2.53. The van der Waals surface area contributed by atoms with Crippen molar-refractivity contribution in [3.8, 4) is 0 Å². The third-order valence-electron chi connectivity index (χ3n) is 3.49. The minimum Gasteiger partial charge on any atom is -0.328 e. The van der Waals surface area contributed by atoms with Gasteiger partial charge < -0.3 is 4.90 Å². The molecular formula is C14H14F3NO. The number of halogens is 3. The van der Waals surface area contributed by atoms with Crippen molar-refractivity contribution in [3.63, 3.8) is 0 Å². The van der Waals surface area contributed by atoms with E-state index in [9.17, 15) is 18.0 Å². The second-order valence-electron chi connectivity index (χ2n) is 4.54. The molecule has 102 valence electrons. The zero-order valence-electron chi connectivity index (χ0n) is 10.5. The van der Waals surface area contributed by atoms with Crippen molar-refractivity contribution in [1.29, 1.82) is 0 Å². The molecule has 0 spiro atoms. The third-order valence-corrected chi connectivity index (χ3v) is 3.49. The Kier molecular flexibility index (Phi) is 3.39. The number of carbonyl (C=O) groups excluding carboxylic acids is 1. The molecule has 0 radical (unpaired) electrons. The monoisotopic (exact) mass is 269 g/mol. The van der Waals surface area contributed by atoms with Crippen LogP contribution in [-0.2, 0) is 11.2 Å². The van der Waals surface area contributed by atoms with Gasteiger partial charge in [-0.05, 0) is 30.0 Å². The van der Waals surface area contributed by atoms with Crippen molar-refractivity contribution < 1.29 is 18.0 Å². The van der Waals surface area contributed by atoms with Crippen LogP contribution in [0.4, 0.5) is 13.2 Å². The van der Waals surface area contributed by atoms with Gasteiger partial charge in [0.25, 0.3) is 0 Å². The van der Waals surface area contributed by atoms with Crippen molar-refractivity contribution in [1.82, 2.24) is 4.90 Å². The maximum atomic E-state index is 12.5. The molecule has 0 saturated heterocycles. The summed E-state index contributed by atoms with van der Waals surface area (Å²) in [5.74, 6) is -1.77. The Morgan fingerprint density at radius 2 is 2.16 bits per heavy atom. The number of carbonyl (C=O) groups is 1. The van der Waals surface area contributed by atoms with Crippen LogP contribution in [0.2, 0.25) is 0 Å². The average Bonchev–Trinajstić information content (AvgIpc) is 2.37. The minimum absolute atomic E-state index is 0.0807. The summed E-state index contributed by atoms with van der Waals surface area (Å²) in [5.41, 5.74) is 2.67. The second kappa shape index (κ2) is 4.72. The molecule has 0 N–H and O–H groups in total. The van der Waals surface area contributed by atoms with E-state index in [2.05, 4.69) is 6.58 Å². The highest BCUT2D eigenvalue weighted by molar-refractivity contribution is 5.82. The van der Waals surface area contributed by atoms with Crippen molar-refractivity contribution in [2.45, 2.75) is 25.6 Å². The highest BCUT2D eigenvalue weighted by Gasteiger charge is 2.45. The Labute approximate surface area is 109 Å². The summed E-state index contributed by atoms with van der Waals surface area (Å²) >= 11 is 0. The van der Waals surface area contributed by atoms with Crippen LogP contribution >= 0.6 is 0 Å². The van der Waals surface area contributed by atoms with Crippen LogP contribution in [0.1, 0.15) is 29.7 Å². The van der Waals surface area contributed by atoms with Crippen molar-refractivity contribution in [2.75, 3.05) is 6.54 Å². The number of rotatable bonds is 1. The van der Waals surface area contributed by atoms with Crippen LogP contribution < -0.4 is 0 Å². The number of amides is 1. The van der Waals surface area contributed by atoms with E-state index < -0.39 is 18.1 Å². The first-order chi connectivity index (χ1) is 8.86. The molecule has 0 aromatic heterocycles. The first-order valence-electron chi connectivity index (χ1n) is 5.98. The van der Waals surface area contributed by atoms with E-state index in [0.717, 1.165) is 21.6 Å². The molecule has 1 aliphatic heterocycles. The predicted molar refractivity (Wildman–Crippen MR) is 66.4 cm³/mol. The lowest BCUT2D eigenvalue weighted by molar-refractivity contribution is -0.188. The van der Waals surface area contributed by atoms with E-state index in [4.69, 9.17) is 0 Å². The summed E-state index contributed by atoms with van der Waals surface area (Å²) in [4.78, 5) is 12.3. The van der Waals surface area contributed by atoms with E-state index >= 15 is 0 Å². The molecule has 1 amide bonds. The van der Waals surface area contributed by atoms with E-state index in [1.165, 1.54) is 0 Å². The zero-order valence-corrected chi connectivity index (χ0v) is 10.5. The largest absolute Gasteiger partial charge is 0.471 e. The summed E-state index contributed by atoms with van der Waals surface area (Å²) in [5, 5.41) is 0. The lowest BCUT2D eigenvalue weighted by atomic mass is 9.89. The van der Waals surface area contributed by atoms with Crippen molar-refractivity contribution >= 4 is 12.0 Å². The number of benzene rings is 1. The van der Waals surface area contributed by atoms with E-state index in [-0.39, 0.29) is 6.54 Å². The molecule has 0 bridgehead atoms. The summed E-state index contributed by atoms with van der Waals surface area (Å²) < 4.78 is 37.6. The molecule has 0 saturated carbocycles. The molecule has 2 rings (SSSR count). The Hall–Kier alpha value is -1.78. The quantitative estimate of drug-likeness (QED) is 0.765. The Morgan fingerprint density at radius 3 is 2.74 bits per heavy atom. The Bertz CT molecular complexity index is 522. The average molecular weight is 269 g/mol. The molecule has 2 nitrogen and oxygen atoms in total. The standard InChI is InChI=1S/C14H14F3NO/c1-3-10-5-4-6-11-9(2)18(8-7-12(10)11)13(19)14(15,16)17/h3-6,9H,1,7-8H2,2H3. The van der Waals surface area contributed by atoms with Gasteiger partial charge in [-0.1, -0.05) is 30.9 Å². The second-order valence-corrected chi connectivity index (χ2v) is 4.54. The molecule has 1 aliphatic rings. The highest BCUT2D eigenvalue weighted by Crippen LogP contribution is 2.34. The van der Waals surface area contributed by atoms with Gasteiger partial charge in [0.1, 0.15) is 0 Å². The number of fused-ring (bicyclic) bond motifs is 1. The predicted octanol–water partition coefficient (Wildman–Crippen LogP) is 3.34. The summed E-state index contributed by atoms with van der Waals surface area (Å²) in [6.45, 7) is 5.40. The molecule has 0 aliphatic carbocycles. The topological polar surface area (TPSA) is 20.3 Å². The van der Waals surface area contributed by atoms with Gasteiger partial charge in [-0.3, -0.25) is 4.79 Å². The first kappa shape index (κ1) is 13.6. The fraction of sp³-hybridized carbons (Fsp3) is 0.357. The van der Waals surface area contributed by atoms with Gasteiger partial charge in [0.2, 0.25) is 0 Å².